The van der Waals surface area contributed by atoms with E-state index < -0.39 is 0 Å². The number of nitrogens with zero attached hydrogens (tertiary/aromatic N) is 2. The summed E-state index contributed by atoms with van der Waals surface area (Å²) in [6.45, 7) is 5.90. The Balaban J connectivity index is 2.09. The molecule has 1 saturated heterocycles. The van der Waals surface area contributed by atoms with E-state index >= 15 is 0 Å². The SMILES string of the molecule is CC1(C)COCC1Nc1cc(Br)ncn1. The van der Waals surface area contributed by atoms with Gasteiger partial charge in [-0.15, -0.1) is 0 Å². The van der Waals surface area contributed by atoms with Crippen LogP contribution >= 0.6 is 15.9 Å². The molecule has 5 heteroatoms. The number of nitrogens with one attached hydrogen (secondary N) is 1. The first-order chi connectivity index (χ1) is 7.08. The van der Waals surface area contributed by atoms with Crippen molar-refractivity contribution in [3.63, 3.8) is 0 Å². The second-order valence-electron chi connectivity index (χ2n) is 4.43. The third-order valence-corrected chi connectivity index (χ3v) is 3.09. The van der Waals surface area contributed by atoms with E-state index in [2.05, 4.69) is 45.1 Å². The third-order valence-electron chi connectivity index (χ3n) is 2.66. The van der Waals surface area contributed by atoms with Gasteiger partial charge in [-0.2, -0.15) is 0 Å². The summed E-state index contributed by atoms with van der Waals surface area (Å²) in [5.74, 6) is 0.834. The lowest BCUT2D eigenvalue weighted by molar-refractivity contribution is 0.167. The maximum Gasteiger partial charge on any atom is 0.130 e. The molecule has 0 radical (unpaired) electrons. The molecule has 0 saturated carbocycles. The number of halogens is 1. The summed E-state index contributed by atoms with van der Waals surface area (Å²) >= 11 is 3.32. The molecule has 0 aromatic carbocycles. The zero-order valence-electron chi connectivity index (χ0n) is 8.83. The minimum atomic E-state index is 0.150. The van der Waals surface area contributed by atoms with Gasteiger partial charge in [0.2, 0.25) is 0 Å². The van der Waals surface area contributed by atoms with Crippen LogP contribution in [0.25, 0.3) is 0 Å². The Morgan fingerprint density at radius 2 is 2.33 bits per heavy atom. The van der Waals surface area contributed by atoms with Gasteiger partial charge < -0.3 is 10.1 Å². The van der Waals surface area contributed by atoms with Crippen LogP contribution in [0.3, 0.4) is 0 Å². The summed E-state index contributed by atoms with van der Waals surface area (Å²) in [4.78, 5) is 8.15. The van der Waals surface area contributed by atoms with E-state index in [0.29, 0.717) is 6.04 Å². The van der Waals surface area contributed by atoms with Gasteiger partial charge in [-0.25, -0.2) is 9.97 Å². The summed E-state index contributed by atoms with van der Waals surface area (Å²) < 4.78 is 6.25. The fourth-order valence-corrected chi connectivity index (χ4v) is 1.90. The quantitative estimate of drug-likeness (QED) is 0.837. The Morgan fingerprint density at radius 1 is 1.53 bits per heavy atom. The Hall–Kier alpha value is -0.680. The van der Waals surface area contributed by atoms with Crippen molar-refractivity contribution in [2.24, 2.45) is 5.41 Å². The zero-order valence-corrected chi connectivity index (χ0v) is 10.4. The lowest BCUT2D eigenvalue weighted by atomic mass is 9.88. The van der Waals surface area contributed by atoms with Crippen LogP contribution in [0, 0.1) is 5.41 Å². The molecule has 2 rings (SSSR count). The maximum absolute atomic E-state index is 5.46. The number of anilines is 1. The molecule has 1 unspecified atom stereocenters. The Labute approximate surface area is 97.6 Å². The molecule has 0 amide bonds. The van der Waals surface area contributed by atoms with Crippen LogP contribution in [-0.4, -0.2) is 29.2 Å². The fourth-order valence-electron chi connectivity index (χ4n) is 1.59. The number of hydrogen-bond donors (Lipinski definition) is 1. The highest BCUT2D eigenvalue weighted by Gasteiger charge is 2.35. The zero-order chi connectivity index (χ0) is 10.9. The van der Waals surface area contributed by atoms with Gasteiger partial charge >= 0.3 is 0 Å². The first-order valence-corrected chi connectivity index (χ1v) is 5.69. The summed E-state index contributed by atoms with van der Waals surface area (Å²) in [5.41, 5.74) is 0.150. The van der Waals surface area contributed by atoms with Gasteiger partial charge in [-0.05, 0) is 15.9 Å². The van der Waals surface area contributed by atoms with Crippen molar-refractivity contribution in [3.8, 4) is 0 Å². The molecule has 1 N–H and O–H groups in total. The van der Waals surface area contributed by atoms with E-state index in [1.54, 1.807) is 0 Å². The number of hydrogen-bond acceptors (Lipinski definition) is 4. The smallest absolute Gasteiger partial charge is 0.130 e. The van der Waals surface area contributed by atoms with Gasteiger partial charge in [-0.3, -0.25) is 0 Å². The molecule has 2 heterocycles. The van der Waals surface area contributed by atoms with Gasteiger partial charge in [0.05, 0.1) is 19.3 Å². The van der Waals surface area contributed by atoms with Gasteiger partial charge in [0.25, 0.3) is 0 Å². The van der Waals surface area contributed by atoms with Crippen LogP contribution in [0.2, 0.25) is 0 Å². The van der Waals surface area contributed by atoms with Crippen molar-refractivity contribution >= 4 is 21.7 Å². The Morgan fingerprint density at radius 3 is 2.93 bits per heavy atom. The third kappa shape index (κ3) is 2.46. The molecule has 1 fully saturated rings. The van der Waals surface area contributed by atoms with Crippen molar-refractivity contribution in [1.82, 2.24) is 9.97 Å². The van der Waals surface area contributed by atoms with E-state index in [4.69, 9.17) is 4.74 Å². The molecule has 4 nitrogen and oxygen atoms in total. The predicted octanol–water partition coefficient (Wildman–Crippen LogP) is 2.08. The molecule has 0 bridgehead atoms. The second kappa shape index (κ2) is 4.06. The van der Waals surface area contributed by atoms with Crippen LogP contribution in [-0.2, 0) is 4.74 Å². The summed E-state index contributed by atoms with van der Waals surface area (Å²) in [6, 6.07) is 2.17. The molecule has 1 aliphatic rings. The molecule has 0 spiro atoms. The number of ether oxygens (including phenoxy) is 1. The van der Waals surface area contributed by atoms with E-state index in [1.165, 1.54) is 6.33 Å². The van der Waals surface area contributed by atoms with Crippen molar-refractivity contribution in [3.05, 3.63) is 17.0 Å². The fraction of sp³-hybridized carbons (Fsp3) is 0.600. The van der Waals surface area contributed by atoms with E-state index in [1.807, 2.05) is 6.07 Å². The van der Waals surface area contributed by atoms with Crippen LogP contribution in [0.4, 0.5) is 5.82 Å². The molecule has 0 aliphatic carbocycles. The lowest BCUT2D eigenvalue weighted by Crippen LogP contribution is -2.34. The molecule has 1 aromatic rings. The normalized spacial score (nSPS) is 24.1. The first-order valence-electron chi connectivity index (χ1n) is 4.90. The van der Waals surface area contributed by atoms with Crippen LogP contribution in [0.15, 0.2) is 17.0 Å². The van der Waals surface area contributed by atoms with Gasteiger partial charge in [0.1, 0.15) is 16.7 Å². The Kier molecular flexibility index (Phi) is 2.93. The van der Waals surface area contributed by atoms with Gasteiger partial charge in [0, 0.05) is 11.5 Å². The summed E-state index contributed by atoms with van der Waals surface area (Å²) in [7, 11) is 0. The highest BCUT2D eigenvalue weighted by molar-refractivity contribution is 9.10. The van der Waals surface area contributed by atoms with E-state index in [-0.39, 0.29) is 5.41 Å². The van der Waals surface area contributed by atoms with Crippen LogP contribution in [0.5, 0.6) is 0 Å². The average Bonchev–Trinajstić information content (AvgIpc) is 2.46. The van der Waals surface area contributed by atoms with Gasteiger partial charge in [0.15, 0.2) is 0 Å². The van der Waals surface area contributed by atoms with E-state index in [9.17, 15) is 0 Å². The number of aromatic nitrogens is 2. The van der Waals surface area contributed by atoms with Crippen LogP contribution in [0.1, 0.15) is 13.8 Å². The molecular formula is C10H14BrN3O. The minimum absolute atomic E-state index is 0.150. The van der Waals surface area contributed by atoms with Crippen molar-refractivity contribution < 1.29 is 4.74 Å². The summed E-state index contributed by atoms with van der Waals surface area (Å²) in [6.07, 6.45) is 1.54. The predicted molar refractivity (Wildman–Crippen MR) is 61.7 cm³/mol. The highest BCUT2D eigenvalue weighted by Crippen LogP contribution is 2.29. The molecule has 82 valence electrons. The highest BCUT2D eigenvalue weighted by atomic mass is 79.9. The monoisotopic (exact) mass is 271 g/mol. The maximum atomic E-state index is 5.46. The van der Waals surface area contributed by atoms with Gasteiger partial charge in [-0.1, -0.05) is 13.8 Å². The van der Waals surface area contributed by atoms with Crippen molar-refractivity contribution in [1.29, 1.82) is 0 Å². The average molecular weight is 272 g/mol. The first kappa shape index (κ1) is 10.8. The molecular weight excluding hydrogens is 258 g/mol. The molecule has 15 heavy (non-hydrogen) atoms. The van der Waals surface area contributed by atoms with Crippen molar-refractivity contribution in [2.45, 2.75) is 19.9 Å². The number of rotatable bonds is 2. The second-order valence-corrected chi connectivity index (χ2v) is 5.24. The standard InChI is InChI=1S/C10H14BrN3O/c1-10(2)5-15-4-7(10)14-9-3-8(11)12-6-13-9/h3,6-7H,4-5H2,1-2H3,(H,12,13,14). The van der Waals surface area contributed by atoms with Crippen LogP contribution < -0.4 is 5.32 Å². The minimum Gasteiger partial charge on any atom is -0.379 e. The summed E-state index contributed by atoms with van der Waals surface area (Å²) in [5, 5.41) is 3.37. The lowest BCUT2D eigenvalue weighted by Gasteiger charge is -2.25. The van der Waals surface area contributed by atoms with E-state index in [0.717, 1.165) is 23.6 Å². The topological polar surface area (TPSA) is 47.0 Å². The largest absolute Gasteiger partial charge is 0.379 e. The molecule has 1 aliphatic heterocycles. The molecule has 1 aromatic heterocycles. The van der Waals surface area contributed by atoms with Crippen molar-refractivity contribution in [2.75, 3.05) is 18.5 Å². The Bertz CT molecular complexity index is 356. The molecule has 1 atom stereocenters.